The predicted octanol–water partition coefficient (Wildman–Crippen LogP) is 2.90. The molecule has 1 nitrogen and oxygen atoms in total. The van der Waals surface area contributed by atoms with Crippen molar-refractivity contribution >= 4 is 11.4 Å². The van der Waals surface area contributed by atoms with Crippen LogP contribution in [0.2, 0.25) is 0 Å². The number of rotatable bonds is 1. The van der Waals surface area contributed by atoms with Gasteiger partial charge in [-0.2, -0.15) is 0 Å². The standard InChI is InChI=1S/C11H13N/c1-3-9-5-4-6-10-7-8(2)12-11(9)10/h4-6H,3,7H2,1-2H3. The van der Waals surface area contributed by atoms with Gasteiger partial charge < -0.3 is 0 Å². The van der Waals surface area contributed by atoms with Crippen molar-refractivity contribution in [2.45, 2.75) is 26.7 Å². The molecule has 12 heavy (non-hydrogen) atoms. The molecule has 2 rings (SSSR count). The molecule has 0 unspecified atom stereocenters. The van der Waals surface area contributed by atoms with Crippen LogP contribution in [0.3, 0.4) is 0 Å². The number of aryl methyl sites for hydroxylation is 1. The third-order valence-electron chi connectivity index (χ3n) is 2.33. The van der Waals surface area contributed by atoms with Crippen molar-refractivity contribution in [2.24, 2.45) is 4.99 Å². The van der Waals surface area contributed by atoms with Crippen LogP contribution in [0, 0.1) is 0 Å². The van der Waals surface area contributed by atoms with Gasteiger partial charge in [-0.3, -0.25) is 4.99 Å². The van der Waals surface area contributed by atoms with Crippen LogP contribution in [0.4, 0.5) is 5.69 Å². The van der Waals surface area contributed by atoms with Crippen molar-refractivity contribution in [3.8, 4) is 0 Å². The third-order valence-corrected chi connectivity index (χ3v) is 2.33. The van der Waals surface area contributed by atoms with Gasteiger partial charge in [0.25, 0.3) is 0 Å². The summed E-state index contributed by atoms with van der Waals surface area (Å²) in [5.41, 5.74) is 5.25. The zero-order valence-corrected chi connectivity index (χ0v) is 7.59. The summed E-state index contributed by atoms with van der Waals surface area (Å²) in [6.07, 6.45) is 2.13. The lowest BCUT2D eigenvalue weighted by atomic mass is 10.0. The summed E-state index contributed by atoms with van der Waals surface area (Å²) in [4.78, 5) is 4.54. The van der Waals surface area contributed by atoms with E-state index in [1.165, 1.54) is 22.5 Å². The molecule has 0 atom stereocenters. The van der Waals surface area contributed by atoms with E-state index in [2.05, 4.69) is 37.0 Å². The van der Waals surface area contributed by atoms with Gasteiger partial charge in [0.2, 0.25) is 0 Å². The molecule has 0 bridgehead atoms. The largest absolute Gasteiger partial charge is 0.257 e. The number of hydrogen-bond donors (Lipinski definition) is 0. The van der Waals surface area contributed by atoms with Crippen molar-refractivity contribution in [3.05, 3.63) is 29.3 Å². The van der Waals surface area contributed by atoms with E-state index in [4.69, 9.17) is 0 Å². The van der Waals surface area contributed by atoms with Gasteiger partial charge >= 0.3 is 0 Å². The molecule has 0 aromatic heterocycles. The Hall–Kier alpha value is -1.11. The van der Waals surface area contributed by atoms with Crippen molar-refractivity contribution in [1.29, 1.82) is 0 Å². The minimum Gasteiger partial charge on any atom is -0.257 e. The molecule has 1 aromatic carbocycles. The lowest BCUT2D eigenvalue weighted by molar-refractivity contribution is 1.13. The maximum absolute atomic E-state index is 4.54. The monoisotopic (exact) mass is 159 g/mol. The van der Waals surface area contributed by atoms with Gasteiger partial charge in [0.1, 0.15) is 0 Å². The summed E-state index contributed by atoms with van der Waals surface area (Å²) in [6.45, 7) is 4.28. The van der Waals surface area contributed by atoms with E-state index < -0.39 is 0 Å². The molecule has 0 spiro atoms. The number of hydrogen-bond acceptors (Lipinski definition) is 1. The van der Waals surface area contributed by atoms with Crippen LogP contribution in [0.5, 0.6) is 0 Å². The van der Waals surface area contributed by atoms with Gasteiger partial charge in [0.15, 0.2) is 0 Å². The van der Waals surface area contributed by atoms with E-state index in [-0.39, 0.29) is 0 Å². The molecule has 1 aromatic rings. The lowest BCUT2D eigenvalue weighted by Crippen LogP contribution is -1.88. The zero-order valence-electron chi connectivity index (χ0n) is 7.59. The molecule has 0 saturated carbocycles. The minimum absolute atomic E-state index is 1.04. The molecule has 1 heterocycles. The SMILES string of the molecule is CCc1cccc2c1N=C(C)C2. The molecule has 0 amide bonds. The second-order valence-corrected chi connectivity index (χ2v) is 3.30. The Morgan fingerprint density at radius 1 is 1.42 bits per heavy atom. The summed E-state index contributed by atoms with van der Waals surface area (Å²) in [5, 5.41) is 0. The molecule has 1 heteroatoms. The molecule has 0 fully saturated rings. The van der Waals surface area contributed by atoms with Crippen LogP contribution in [-0.2, 0) is 12.8 Å². The molecule has 1 aliphatic heterocycles. The molecular formula is C11H13N. The van der Waals surface area contributed by atoms with Gasteiger partial charge in [-0.05, 0) is 24.5 Å². The Morgan fingerprint density at radius 3 is 3.00 bits per heavy atom. The van der Waals surface area contributed by atoms with Crippen molar-refractivity contribution in [2.75, 3.05) is 0 Å². The van der Waals surface area contributed by atoms with Gasteiger partial charge in [0.05, 0.1) is 5.69 Å². The van der Waals surface area contributed by atoms with E-state index in [1.54, 1.807) is 0 Å². The van der Waals surface area contributed by atoms with E-state index in [0.717, 1.165) is 12.8 Å². The average Bonchev–Trinajstić information content (AvgIpc) is 2.44. The normalized spacial score (nSPS) is 14.3. The average molecular weight is 159 g/mol. The first kappa shape index (κ1) is 7.53. The van der Waals surface area contributed by atoms with Gasteiger partial charge in [0, 0.05) is 12.1 Å². The minimum atomic E-state index is 1.04. The second-order valence-electron chi connectivity index (χ2n) is 3.30. The fourth-order valence-electron chi connectivity index (χ4n) is 1.72. The number of aliphatic imine (C=N–C) groups is 1. The highest BCUT2D eigenvalue weighted by Gasteiger charge is 2.12. The smallest absolute Gasteiger partial charge is 0.0696 e. The summed E-state index contributed by atoms with van der Waals surface area (Å²) < 4.78 is 0. The lowest BCUT2D eigenvalue weighted by Gasteiger charge is -2.01. The summed E-state index contributed by atoms with van der Waals surface area (Å²) >= 11 is 0. The first-order valence-corrected chi connectivity index (χ1v) is 4.46. The number of fused-ring (bicyclic) bond motifs is 1. The van der Waals surface area contributed by atoms with E-state index in [1.807, 2.05) is 0 Å². The molecule has 1 aliphatic rings. The first-order chi connectivity index (χ1) is 5.81. The maximum Gasteiger partial charge on any atom is 0.0696 e. The molecule has 0 aliphatic carbocycles. The highest BCUT2D eigenvalue weighted by Crippen LogP contribution is 2.30. The fraction of sp³-hybridized carbons (Fsp3) is 0.364. The van der Waals surface area contributed by atoms with E-state index in [0.29, 0.717) is 0 Å². The Balaban J connectivity index is 2.55. The van der Waals surface area contributed by atoms with Crippen LogP contribution in [0.25, 0.3) is 0 Å². The summed E-state index contributed by atoms with van der Waals surface area (Å²) in [5.74, 6) is 0. The highest BCUT2D eigenvalue weighted by molar-refractivity contribution is 5.92. The van der Waals surface area contributed by atoms with Gasteiger partial charge in [-0.15, -0.1) is 0 Å². The highest BCUT2D eigenvalue weighted by atomic mass is 14.8. The Bertz CT molecular complexity index is 337. The second kappa shape index (κ2) is 2.74. The Kier molecular flexibility index (Phi) is 1.72. The molecule has 0 radical (unpaired) electrons. The van der Waals surface area contributed by atoms with Crippen LogP contribution in [0.1, 0.15) is 25.0 Å². The molecule has 0 N–H and O–H groups in total. The van der Waals surface area contributed by atoms with Crippen molar-refractivity contribution < 1.29 is 0 Å². The fourth-order valence-corrected chi connectivity index (χ4v) is 1.72. The molecule has 0 saturated heterocycles. The Morgan fingerprint density at radius 2 is 2.25 bits per heavy atom. The number of para-hydroxylation sites is 1. The summed E-state index contributed by atoms with van der Waals surface area (Å²) in [6, 6.07) is 6.47. The third kappa shape index (κ3) is 1.06. The topological polar surface area (TPSA) is 12.4 Å². The van der Waals surface area contributed by atoms with Gasteiger partial charge in [-0.1, -0.05) is 25.1 Å². The number of benzene rings is 1. The van der Waals surface area contributed by atoms with E-state index in [9.17, 15) is 0 Å². The zero-order chi connectivity index (χ0) is 8.55. The van der Waals surface area contributed by atoms with Gasteiger partial charge in [-0.25, -0.2) is 0 Å². The van der Waals surface area contributed by atoms with Crippen molar-refractivity contribution in [3.63, 3.8) is 0 Å². The van der Waals surface area contributed by atoms with Crippen LogP contribution < -0.4 is 0 Å². The molecular weight excluding hydrogens is 146 g/mol. The van der Waals surface area contributed by atoms with Crippen LogP contribution in [-0.4, -0.2) is 5.71 Å². The predicted molar refractivity (Wildman–Crippen MR) is 52.3 cm³/mol. The quantitative estimate of drug-likeness (QED) is 0.597. The molecule has 62 valence electrons. The van der Waals surface area contributed by atoms with Crippen LogP contribution in [0.15, 0.2) is 23.2 Å². The van der Waals surface area contributed by atoms with Crippen molar-refractivity contribution in [1.82, 2.24) is 0 Å². The number of nitrogens with zero attached hydrogens (tertiary/aromatic N) is 1. The first-order valence-electron chi connectivity index (χ1n) is 4.46. The summed E-state index contributed by atoms with van der Waals surface area (Å²) in [7, 11) is 0. The van der Waals surface area contributed by atoms with E-state index >= 15 is 0 Å². The Labute approximate surface area is 73.1 Å². The van der Waals surface area contributed by atoms with Crippen LogP contribution >= 0.6 is 0 Å². The maximum atomic E-state index is 4.54.